The Hall–Kier alpha value is -0.800. The largest absolute Gasteiger partial charge is 0.396 e. The molecule has 3 N–H and O–H groups in total. The van der Waals surface area contributed by atoms with E-state index in [0.29, 0.717) is 133 Å². The average molecular weight is 1550 g/mol. The summed E-state index contributed by atoms with van der Waals surface area (Å²) in [5.41, 5.74) is 0. The van der Waals surface area contributed by atoms with Crippen LogP contribution in [0.4, 0.5) is 0 Å². The van der Waals surface area contributed by atoms with Gasteiger partial charge in [0.05, 0.1) is 164 Å². The van der Waals surface area contributed by atoms with Gasteiger partial charge < -0.3 is 95.8 Å². The Bertz CT molecular complexity index is 1230. The molecule has 20 nitrogen and oxygen atoms in total. The van der Waals surface area contributed by atoms with E-state index in [1.54, 1.807) is 35.2 Å². The summed E-state index contributed by atoms with van der Waals surface area (Å²) >= 11 is 0. The number of unbranched alkanes of at least 4 members (excludes halogenated alkanes) is 5. The lowest BCUT2D eigenvalue weighted by Gasteiger charge is -2.27. The minimum Gasteiger partial charge on any atom is -0.396 e. The van der Waals surface area contributed by atoms with Gasteiger partial charge in [0.1, 0.15) is 0 Å². The summed E-state index contributed by atoms with van der Waals surface area (Å²) in [7, 11) is 5.03. The molecule has 1 aliphatic carbocycles. The first-order valence-corrected chi connectivity index (χ1v) is 40.4. The number of aliphatic hydroxyl groups excluding tert-OH is 3. The molecule has 0 aliphatic heterocycles. The van der Waals surface area contributed by atoms with E-state index in [0.717, 1.165) is 78.5 Å². The highest BCUT2D eigenvalue weighted by Crippen LogP contribution is 2.22. The molecule has 0 aromatic rings. The SMILES string of the molecule is C.C.C.CC(C)OC(C)C.CC(C)OC1CCC1.CC(C)OCCCO.CC(C)OC[C@@H](C)O.CC(O)COC(C)C.CCCCCCOC(C)C.CCCCCOC(C)C.CCCOC(C)C.CCCOCCOC(C)C.COCCCOC(C)C.COCCOC(C)C.COCCOCCOC(C)C. The highest BCUT2D eigenvalue weighted by molar-refractivity contribution is 4.69. The second kappa shape index (κ2) is 120. The van der Waals surface area contributed by atoms with Gasteiger partial charge in [-0.05, 0) is 252 Å². The van der Waals surface area contributed by atoms with Crippen LogP contribution in [0.1, 0.15) is 334 Å². The van der Waals surface area contributed by atoms with Crippen molar-refractivity contribution in [3.05, 3.63) is 0 Å². The Morgan fingerprint density at radius 3 is 0.774 bits per heavy atom. The maximum Gasteiger partial charge on any atom is 0.0745 e. The summed E-state index contributed by atoms with van der Waals surface area (Å²) < 4.78 is 87.6. The van der Waals surface area contributed by atoms with Gasteiger partial charge in [0, 0.05) is 74.2 Å². The monoisotopic (exact) mass is 1550 g/mol. The Kier molecular flexibility index (Phi) is 155. The van der Waals surface area contributed by atoms with Crippen LogP contribution < -0.4 is 0 Å². The quantitative estimate of drug-likeness (QED) is 0.0482. The third-order valence-electron chi connectivity index (χ3n) is 11.3. The lowest BCUT2D eigenvalue weighted by atomic mass is 9.96. The fourth-order valence-corrected chi connectivity index (χ4v) is 6.42. The smallest absolute Gasteiger partial charge is 0.0745 e. The van der Waals surface area contributed by atoms with Crippen LogP contribution >= 0.6 is 0 Å². The Morgan fingerprint density at radius 2 is 0.538 bits per heavy atom. The molecule has 0 bridgehead atoms. The molecular weight excluding hydrogens is 1350 g/mol. The first-order valence-electron chi connectivity index (χ1n) is 40.4. The number of hydrogen-bond donors (Lipinski definition) is 3. The van der Waals surface area contributed by atoms with Crippen molar-refractivity contribution in [3.8, 4) is 0 Å². The molecule has 0 radical (unpaired) electrons. The maximum atomic E-state index is 8.68. The summed E-state index contributed by atoms with van der Waals surface area (Å²) in [6.45, 7) is 77.3. The third kappa shape index (κ3) is 213. The summed E-state index contributed by atoms with van der Waals surface area (Å²) in [6, 6.07) is 0. The molecule has 2 atom stereocenters. The van der Waals surface area contributed by atoms with Gasteiger partial charge in [-0.1, -0.05) is 82.1 Å². The average Bonchev–Trinajstić information content (AvgIpc) is 0.930. The molecule has 0 saturated heterocycles. The Labute approximate surface area is 664 Å². The van der Waals surface area contributed by atoms with Gasteiger partial charge >= 0.3 is 0 Å². The van der Waals surface area contributed by atoms with Crippen LogP contribution in [0.3, 0.4) is 0 Å². The van der Waals surface area contributed by atoms with Gasteiger partial charge in [0.15, 0.2) is 0 Å². The number of aliphatic hydroxyl groups is 3. The standard InChI is InChI=1S/C9H20O.C8H18O3.C8H18O2.C8H18O.C7H16O2.C7H14O.4C6H14O2.2C6H14O.3CH4/c1-4-5-6-7-8-10-9(2)3;1-8(2)11-7-6-10-5-4-9-3;1-4-5-9-6-7-10-8(2)3;1-4-5-6-7-9-8(2)3;1-7(2)9-6-4-5-8-3;1-6(2)8-7-4-3-5-7;1-6(2)8-5-4-7-3;2*1-5(2)8-4-6(3)7;1-6(2)8-5-3-4-7;1-5(2)7-6(3)4;1-4-5-7-6(2)3;;;/h9H,4-8H2,1-3H3;8H,4-7H2,1-3H3;8H,4-7H2,1-3H3;8H,4-7H2,1-3H3;7H,4-6H2,1-3H3;6-7H,3-5H2,1-2H3;6H,4-5H2,1-3H3;2*5-7H,4H2,1-3H3;6-7H,3-5H2,1-2H3;5-6H,1-4H3;6H,4-5H2,1-3H3;3*1H4/t;;;;;;;6-;;;;;;;/m.......1......./s1. The van der Waals surface area contributed by atoms with Crippen molar-refractivity contribution < 1.29 is 95.8 Å². The van der Waals surface area contributed by atoms with E-state index in [2.05, 4.69) is 83.1 Å². The predicted octanol–water partition coefficient (Wildman–Crippen LogP) is 20.9. The lowest BCUT2D eigenvalue weighted by Crippen LogP contribution is -2.24. The van der Waals surface area contributed by atoms with Crippen LogP contribution in [0.5, 0.6) is 0 Å². The van der Waals surface area contributed by atoms with Crippen molar-refractivity contribution in [3.63, 3.8) is 0 Å². The molecule has 0 spiro atoms. The zero-order chi connectivity index (χ0) is 81.9. The summed E-state index contributed by atoms with van der Waals surface area (Å²) in [4.78, 5) is 0. The number of methoxy groups -OCH3 is 3. The van der Waals surface area contributed by atoms with Crippen LogP contribution in [-0.2, 0) is 80.5 Å². The van der Waals surface area contributed by atoms with Crippen LogP contribution in [0.25, 0.3) is 0 Å². The van der Waals surface area contributed by atoms with E-state index >= 15 is 0 Å². The molecule has 1 rings (SSSR count). The molecule has 0 amide bonds. The fourth-order valence-electron chi connectivity index (χ4n) is 6.42. The molecule has 0 aromatic heterocycles. The molecule has 0 heterocycles. The van der Waals surface area contributed by atoms with Crippen molar-refractivity contribution in [1.29, 1.82) is 0 Å². The molecule has 106 heavy (non-hydrogen) atoms. The molecule has 0 aromatic carbocycles. The number of rotatable bonds is 50. The molecule has 1 unspecified atom stereocenters. The van der Waals surface area contributed by atoms with Crippen molar-refractivity contribution in [2.45, 2.75) is 431 Å². The molecular formula is C86H200O20. The fraction of sp³-hybridized carbons (Fsp3) is 1.00. The molecule has 664 valence electrons. The number of ether oxygens (including phenoxy) is 17. The minimum atomic E-state index is -0.336. The highest BCUT2D eigenvalue weighted by atomic mass is 16.6. The zero-order valence-electron chi connectivity index (χ0n) is 75.1. The van der Waals surface area contributed by atoms with Crippen LogP contribution in [-0.4, -0.2) is 253 Å². The van der Waals surface area contributed by atoms with Gasteiger partial charge in [-0.3, -0.25) is 0 Å². The zero-order valence-corrected chi connectivity index (χ0v) is 75.1. The second-order valence-electron chi connectivity index (χ2n) is 28.2. The summed E-state index contributed by atoms with van der Waals surface area (Å²) in [6.07, 6.45) is 21.3. The summed E-state index contributed by atoms with van der Waals surface area (Å²) in [5.74, 6) is 0. The topological polar surface area (TPSA) is 218 Å². The molecule has 20 heteroatoms. The van der Waals surface area contributed by atoms with E-state index in [1.165, 1.54) is 64.2 Å². The predicted molar refractivity (Wildman–Crippen MR) is 457 cm³/mol. The Balaban J connectivity index is -0.0000000725. The minimum absolute atomic E-state index is 0. The first-order chi connectivity index (χ1) is 48.3. The Morgan fingerprint density at radius 1 is 0.264 bits per heavy atom. The van der Waals surface area contributed by atoms with Crippen molar-refractivity contribution in [2.24, 2.45) is 0 Å². The van der Waals surface area contributed by atoms with Gasteiger partial charge in [0.2, 0.25) is 0 Å². The third-order valence-corrected chi connectivity index (χ3v) is 11.3. The normalized spacial score (nSPS) is 11.8. The number of hydrogen-bond acceptors (Lipinski definition) is 20. The van der Waals surface area contributed by atoms with Crippen LogP contribution in [0, 0.1) is 0 Å². The van der Waals surface area contributed by atoms with E-state index < -0.39 is 0 Å². The maximum absolute atomic E-state index is 8.68. The molecule has 1 fully saturated rings. The molecule has 1 aliphatic rings. The van der Waals surface area contributed by atoms with Crippen LogP contribution in [0.15, 0.2) is 0 Å². The van der Waals surface area contributed by atoms with Crippen molar-refractivity contribution in [1.82, 2.24) is 0 Å². The van der Waals surface area contributed by atoms with Crippen molar-refractivity contribution >= 4 is 0 Å². The van der Waals surface area contributed by atoms with Gasteiger partial charge in [-0.2, -0.15) is 0 Å². The summed E-state index contributed by atoms with van der Waals surface area (Å²) in [5, 5.41) is 25.7. The van der Waals surface area contributed by atoms with Gasteiger partial charge in [-0.15, -0.1) is 0 Å². The van der Waals surface area contributed by atoms with E-state index in [4.69, 9.17) is 95.8 Å². The van der Waals surface area contributed by atoms with E-state index in [-0.39, 0.29) is 53.3 Å². The van der Waals surface area contributed by atoms with E-state index in [9.17, 15) is 0 Å². The highest BCUT2D eigenvalue weighted by Gasteiger charge is 2.18. The molecule has 1 saturated carbocycles. The van der Waals surface area contributed by atoms with Crippen LogP contribution in [0.2, 0.25) is 0 Å². The lowest BCUT2D eigenvalue weighted by molar-refractivity contribution is -0.0347. The van der Waals surface area contributed by atoms with Gasteiger partial charge in [0.25, 0.3) is 0 Å². The first kappa shape index (κ1) is 137. The van der Waals surface area contributed by atoms with E-state index in [1.807, 2.05) is 125 Å². The second-order valence-corrected chi connectivity index (χ2v) is 28.2. The van der Waals surface area contributed by atoms with Crippen molar-refractivity contribution in [2.75, 3.05) is 140 Å². The van der Waals surface area contributed by atoms with Gasteiger partial charge in [-0.25, -0.2) is 0 Å².